The Hall–Kier alpha value is -4.85. The third kappa shape index (κ3) is 4.88. The maximum atomic E-state index is 14.0. The number of anilines is 1. The number of likely N-dealkylation sites (tertiary alicyclic amines) is 1. The molecule has 0 radical (unpaired) electrons. The van der Waals surface area contributed by atoms with Crippen LogP contribution in [-0.2, 0) is 4.79 Å². The van der Waals surface area contributed by atoms with Gasteiger partial charge in [0.25, 0.3) is 5.91 Å². The molecule has 1 aliphatic heterocycles. The molecule has 4 aromatic rings. The number of amides is 1. The summed E-state index contributed by atoms with van der Waals surface area (Å²) in [7, 11) is 0. The molecule has 3 aromatic heterocycles. The van der Waals surface area contributed by atoms with Crippen molar-refractivity contribution >= 4 is 22.8 Å². The van der Waals surface area contributed by atoms with Crippen LogP contribution in [0.4, 0.5) is 10.2 Å². The smallest absolute Gasteiger partial charge is 0.264 e. The summed E-state index contributed by atoms with van der Waals surface area (Å²) >= 11 is 0. The van der Waals surface area contributed by atoms with Crippen LogP contribution in [0.2, 0.25) is 0 Å². The average molecular weight is 525 g/mol. The number of nitrogens with zero attached hydrogens (tertiary/aromatic N) is 7. The van der Waals surface area contributed by atoms with Gasteiger partial charge in [-0.1, -0.05) is 18.2 Å². The molecule has 1 aliphatic carbocycles. The largest absolute Gasteiger partial charge is 0.436 e. The molecule has 6 rings (SSSR count). The molecule has 0 bridgehead atoms. The van der Waals surface area contributed by atoms with Crippen LogP contribution in [0.25, 0.3) is 22.3 Å². The van der Waals surface area contributed by atoms with E-state index in [1.54, 1.807) is 46.1 Å². The maximum Gasteiger partial charge on any atom is 0.264 e. The molecular formula is C28H25FN8O2. The lowest BCUT2D eigenvalue weighted by atomic mass is 10.0. The molecule has 1 atom stereocenters. The Morgan fingerprint density at radius 1 is 1.15 bits per heavy atom. The first kappa shape index (κ1) is 24.5. The number of carbonyl (C=O) groups is 1. The first-order valence-corrected chi connectivity index (χ1v) is 12.8. The summed E-state index contributed by atoms with van der Waals surface area (Å²) in [6.45, 7) is 0.978. The Bertz CT molecular complexity index is 1620. The Morgan fingerprint density at radius 2 is 2.00 bits per heavy atom. The molecule has 1 saturated heterocycles. The molecule has 0 spiro atoms. The number of rotatable bonds is 6. The number of nitriles is 1. The molecule has 1 amide bonds. The third-order valence-corrected chi connectivity index (χ3v) is 6.98. The fraction of sp³-hybridized carbons (Fsp3) is 0.286. The molecule has 2 fully saturated rings. The quantitative estimate of drug-likeness (QED) is 0.289. The number of hydrogen-bond donors (Lipinski definition) is 1. The number of piperidine rings is 1. The molecule has 196 valence electrons. The Morgan fingerprint density at radius 3 is 2.74 bits per heavy atom. The van der Waals surface area contributed by atoms with Crippen LogP contribution >= 0.6 is 0 Å². The number of nitrogens with two attached hydrogens (primary N) is 1. The Labute approximate surface area is 223 Å². The fourth-order valence-electron chi connectivity index (χ4n) is 4.84. The average Bonchev–Trinajstić information content (AvgIpc) is 3.70. The van der Waals surface area contributed by atoms with Crippen LogP contribution in [0.3, 0.4) is 0 Å². The highest BCUT2D eigenvalue weighted by molar-refractivity contribution is 5.98. The van der Waals surface area contributed by atoms with Gasteiger partial charge in [0.05, 0.1) is 11.4 Å². The second-order valence-corrected chi connectivity index (χ2v) is 9.75. The van der Waals surface area contributed by atoms with Gasteiger partial charge in [0.2, 0.25) is 5.88 Å². The van der Waals surface area contributed by atoms with Gasteiger partial charge in [-0.15, -0.1) is 0 Å². The number of halogens is 1. The third-order valence-electron chi connectivity index (χ3n) is 6.98. The SMILES string of the molecule is N#CC(=CC1CC1)C(=O)N1CCCC(n2nc(-c3ccc(Oc4ccccc4F)nc3)c3c(N)ncnc32)C1. The van der Waals surface area contributed by atoms with E-state index in [2.05, 4.69) is 21.0 Å². The first-order chi connectivity index (χ1) is 19.0. The van der Waals surface area contributed by atoms with Gasteiger partial charge in [-0.05, 0) is 49.8 Å². The summed E-state index contributed by atoms with van der Waals surface area (Å²) in [5, 5.41) is 15.0. The van der Waals surface area contributed by atoms with Crippen molar-refractivity contribution in [2.75, 3.05) is 18.8 Å². The van der Waals surface area contributed by atoms with Crippen molar-refractivity contribution in [3.05, 3.63) is 66.4 Å². The summed E-state index contributed by atoms with van der Waals surface area (Å²) in [5.74, 6) is 0.186. The lowest BCUT2D eigenvalue weighted by Crippen LogP contribution is -2.41. The Kier molecular flexibility index (Phi) is 6.36. The number of pyridine rings is 1. The van der Waals surface area contributed by atoms with Gasteiger partial charge >= 0.3 is 0 Å². The molecule has 10 nitrogen and oxygen atoms in total. The van der Waals surface area contributed by atoms with E-state index in [1.165, 1.54) is 18.5 Å². The second-order valence-electron chi connectivity index (χ2n) is 9.75. The number of ether oxygens (including phenoxy) is 1. The van der Waals surface area contributed by atoms with E-state index < -0.39 is 5.82 Å². The summed E-state index contributed by atoms with van der Waals surface area (Å²) in [6.07, 6.45) is 8.36. The minimum absolute atomic E-state index is 0.0769. The second kappa shape index (κ2) is 10.1. The van der Waals surface area contributed by atoms with Crippen molar-refractivity contribution in [3.63, 3.8) is 0 Å². The lowest BCUT2D eigenvalue weighted by Gasteiger charge is -2.32. The van der Waals surface area contributed by atoms with Gasteiger partial charge in [-0.2, -0.15) is 10.4 Å². The number of para-hydroxylation sites is 1. The standard InChI is InChI=1S/C28H25FN8O2/c29-21-5-1-2-6-22(21)39-23-10-9-18(14-32-23)25-24-26(31)33-16-34-27(24)37(35-25)20-4-3-11-36(15-20)28(38)19(13-30)12-17-7-8-17/h1-2,5-6,9-10,12,14,16-17,20H,3-4,7-8,11,15H2,(H2,31,33,34). The molecule has 39 heavy (non-hydrogen) atoms. The highest BCUT2D eigenvalue weighted by Crippen LogP contribution is 2.35. The van der Waals surface area contributed by atoms with Gasteiger partial charge in [0, 0.05) is 30.9 Å². The number of hydrogen-bond acceptors (Lipinski definition) is 8. The summed E-state index contributed by atoms with van der Waals surface area (Å²) < 4.78 is 21.4. The molecule has 4 heterocycles. The number of allylic oxidation sites excluding steroid dienone is 1. The van der Waals surface area contributed by atoms with Crippen molar-refractivity contribution in [1.29, 1.82) is 5.26 Å². The number of benzene rings is 1. The van der Waals surface area contributed by atoms with Gasteiger partial charge in [0.15, 0.2) is 17.2 Å². The van der Waals surface area contributed by atoms with Crippen LogP contribution in [0.5, 0.6) is 11.6 Å². The van der Waals surface area contributed by atoms with Crippen LogP contribution in [0, 0.1) is 23.1 Å². The van der Waals surface area contributed by atoms with Crippen LogP contribution in [0.15, 0.2) is 60.6 Å². The lowest BCUT2D eigenvalue weighted by molar-refractivity contribution is -0.128. The van der Waals surface area contributed by atoms with Crippen LogP contribution in [-0.4, -0.2) is 48.6 Å². The van der Waals surface area contributed by atoms with Gasteiger partial charge in [-0.25, -0.2) is 24.0 Å². The van der Waals surface area contributed by atoms with Crippen molar-refractivity contribution in [2.24, 2.45) is 5.92 Å². The molecule has 2 aliphatic rings. The Balaban J connectivity index is 1.30. The molecule has 1 aromatic carbocycles. The maximum absolute atomic E-state index is 14.0. The zero-order valence-electron chi connectivity index (χ0n) is 21.0. The molecule has 1 unspecified atom stereocenters. The molecule has 11 heteroatoms. The zero-order valence-corrected chi connectivity index (χ0v) is 21.0. The highest BCUT2D eigenvalue weighted by atomic mass is 19.1. The van der Waals surface area contributed by atoms with Gasteiger partial charge < -0.3 is 15.4 Å². The molecular weight excluding hydrogens is 499 g/mol. The van der Waals surface area contributed by atoms with Crippen LogP contribution < -0.4 is 10.5 Å². The number of aromatic nitrogens is 5. The van der Waals surface area contributed by atoms with E-state index in [0.29, 0.717) is 41.3 Å². The van der Waals surface area contributed by atoms with Crippen LogP contribution in [0.1, 0.15) is 31.7 Å². The van der Waals surface area contributed by atoms with Gasteiger partial charge in [0.1, 0.15) is 29.5 Å². The zero-order chi connectivity index (χ0) is 26.9. The molecule has 1 saturated carbocycles. The summed E-state index contributed by atoms with van der Waals surface area (Å²) in [5.41, 5.74) is 8.23. The van der Waals surface area contributed by atoms with E-state index in [0.717, 1.165) is 25.7 Å². The van der Waals surface area contributed by atoms with E-state index in [-0.39, 0.29) is 35.0 Å². The highest BCUT2D eigenvalue weighted by Gasteiger charge is 2.31. The summed E-state index contributed by atoms with van der Waals surface area (Å²) in [6, 6.07) is 11.4. The minimum Gasteiger partial charge on any atom is -0.436 e. The number of fused-ring (bicyclic) bond motifs is 1. The van der Waals surface area contributed by atoms with E-state index in [4.69, 9.17) is 15.6 Å². The predicted octanol–water partition coefficient (Wildman–Crippen LogP) is 4.43. The van der Waals surface area contributed by atoms with Crippen molar-refractivity contribution < 1.29 is 13.9 Å². The summed E-state index contributed by atoms with van der Waals surface area (Å²) in [4.78, 5) is 27.8. The first-order valence-electron chi connectivity index (χ1n) is 12.8. The normalized spacial score (nSPS) is 17.7. The minimum atomic E-state index is -0.483. The monoisotopic (exact) mass is 524 g/mol. The predicted molar refractivity (Wildman–Crippen MR) is 141 cm³/mol. The number of carbonyl (C=O) groups excluding carboxylic acids is 1. The molecule has 2 N–H and O–H groups in total. The fourth-order valence-corrected chi connectivity index (χ4v) is 4.84. The van der Waals surface area contributed by atoms with Crippen molar-refractivity contribution in [1.82, 2.24) is 29.6 Å². The number of nitrogen functional groups attached to an aromatic ring is 1. The topological polar surface area (TPSA) is 136 Å². The van der Waals surface area contributed by atoms with Crippen molar-refractivity contribution in [2.45, 2.75) is 31.7 Å². The van der Waals surface area contributed by atoms with Gasteiger partial charge in [-0.3, -0.25) is 4.79 Å². The van der Waals surface area contributed by atoms with E-state index in [1.807, 2.05) is 0 Å². The van der Waals surface area contributed by atoms with Crippen molar-refractivity contribution in [3.8, 4) is 29.0 Å². The van der Waals surface area contributed by atoms with E-state index >= 15 is 0 Å². The van der Waals surface area contributed by atoms with E-state index in [9.17, 15) is 14.4 Å².